The zero-order valence-electron chi connectivity index (χ0n) is 14.9. The van der Waals surface area contributed by atoms with Crippen LogP contribution in [0.4, 0.5) is 11.4 Å². The van der Waals surface area contributed by atoms with E-state index in [0.29, 0.717) is 5.69 Å². The van der Waals surface area contributed by atoms with Crippen LogP contribution < -0.4 is 5.23 Å². The van der Waals surface area contributed by atoms with E-state index in [1.807, 2.05) is 30.3 Å². The first kappa shape index (κ1) is 17.8. The second kappa shape index (κ2) is 7.56. The van der Waals surface area contributed by atoms with Gasteiger partial charge in [0.05, 0.1) is 11.4 Å². The predicted octanol–water partition coefficient (Wildman–Crippen LogP) is 5.94. The van der Waals surface area contributed by atoms with Crippen LogP contribution in [-0.2, 0) is 0 Å². The summed E-state index contributed by atoms with van der Waals surface area (Å²) in [4.78, 5) is 6.08. The molecule has 1 atom stereocenters. The van der Waals surface area contributed by atoms with E-state index < -0.39 is 0 Å². The number of fused-ring (bicyclic) bond motifs is 1. The van der Waals surface area contributed by atoms with Crippen molar-refractivity contribution < 1.29 is 10.4 Å². The maximum atomic E-state index is 9.37. The lowest BCUT2D eigenvalue weighted by Crippen LogP contribution is -2.11. The highest BCUT2D eigenvalue weighted by Gasteiger charge is 2.23. The number of thioether (sulfide) groups is 1. The van der Waals surface area contributed by atoms with E-state index in [1.54, 1.807) is 23.9 Å². The second-order valence-corrected chi connectivity index (χ2v) is 7.83. The summed E-state index contributed by atoms with van der Waals surface area (Å²) in [5.74, 6) is 0. The van der Waals surface area contributed by atoms with Crippen LogP contribution in [0.15, 0.2) is 82.7 Å². The zero-order valence-corrected chi connectivity index (χ0v) is 15.7. The van der Waals surface area contributed by atoms with Gasteiger partial charge in [-0.05, 0) is 42.3 Å². The van der Waals surface area contributed by atoms with Crippen molar-refractivity contribution in [2.24, 2.45) is 4.99 Å². The highest BCUT2D eigenvalue weighted by Crippen LogP contribution is 2.45. The Balaban J connectivity index is 1.78. The highest BCUT2D eigenvalue weighted by molar-refractivity contribution is 7.99. The topological polar surface area (TPSA) is 56.1 Å². The molecule has 1 aliphatic rings. The third-order valence-electron chi connectivity index (χ3n) is 4.63. The molecule has 0 amide bonds. The van der Waals surface area contributed by atoms with Gasteiger partial charge in [0.15, 0.2) is 0 Å². The molecule has 0 saturated carbocycles. The van der Waals surface area contributed by atoms with Gasteiger partial charge >= 0.3 is 0 Å². The van der Waals surface area contributed by atoms with Crippen molar-refractivity contribution >= 4 is 28.8 Å². The SMILES string of the molecule is Cc1ccc(C2=Nc3ccccc3SC(c3cccc(N(O)O)c3)C2)cc1. The summed E-state index contributed by atoms with van der Waals surface area (Å²) in [7, 11) is 0. The predicted molar refractivity (Wildman–Crippen MR) is 110 cm³/mol. The van der Waals surface area contributed by atoms with Crippen LogP contribution in [0.25, 0.3) is 0 Å². The third kappa shape index (κ3) is 3.90. The van der Waals surface area contributed by atoms with Crippen LogP contribution in [0.5, 0.6) is 0 Å². The molecule has 3 aromatic rings. The molecule has 2 N–H and O–H groups in total. The van der Waals surface area contributed by atoms with Gasteiger partial charge in [0, 0.05) is 22.3 Å². The first-order valence-corrected chi connectivity index (χ1v) is 9.66. The van der Waals surface area contributed by atoms with Crippen molar-refractivity contribution in [1.82, 2.24) is 0 Å². The molecule has 1 unspecified atom stereocenters. The van der Waals surface area contributed by atoms with Crippen LogP contribution in [-0.4, -0.2) is 16.1 Å². The molecule has 1 aliphatic heterocycles. The summed E-state index contributed by atoms with van der Waals surface area (Å²) in [5.41, 5.74) is 5.72. The highest BCUT2D eigenvalue weighted by atomic mass is 32.2. The Morgan fingerprint density at radius 2 is 1.74 bits per heavy atom. The summed E-state index contributed by atoms with van der Waals surface area (Å²) < 4.78 is 0. The van der Waals surface area contributed by atoms with Crippen molar-refractivity contribution in [1.29, 1.82) is 0 Å². The quantitative estimate of drug-likeness (QED) is 0.556. The summed E-state index contributed by atoms with van der Waals surface area (Å²) >= 11 is 1.76. The van der Waals surface area contributed by atoms with Gasteiger partial charge in [-0.3, -0.25) is 15.4 Å². The maximum Gasteiger partial charge on any atom is 0.0945 e. The number of aliphatic imine (C=N–C) groups is 1. The number of benzene rings is 3. The van der Waals surface area contributed by atoms with Crippen molar-refractivity contribution in [3.05, 3.63) is 89.5 Å². The molecule has 5 heteroatoms. The van der Waals surface area contributed by atoms with E-state index in [4.69, 9.17) is 4.99 Å². The monoisotopic (exact) mass is 376 g/mol. The van der Waals surface area contributed by atoms with Crippen LogP contribution in [0.2, 0.25) is 0 Å². The maximum absolute atomic E-state index is 9.37. The molecule has 0 fully saturated rings. The summed E-state index contributed by atoms with van der Waals surface area (Å²) in [5, 5.41) is 19.0. The lowest BCUT2D eigenvalue weighted by Gasteiger charge is -2.18. The van der Waals surface area contributed by atoms with Crippen LogP contribution in [0.3, 0.4) is 0 Å². The number of hydrogen-bond donors (Lipinski definition) is 2. The Labute approximate surface area is 162 Å². The van der Waals surface area contributed by atoms with E-state index in [1.165, 1.54) is 5.56 Å². The Kier molecular flexibility index (Phi) is 4.99. The zero-order chi connectivity index (χ0) is 18.8. The molecule has 0 aliphatic carbocycles. The van der Waals surface area contributed by atoms with Gasteiger partial charge in [-0.1, -0.05) is 54.1 Å². The van der Waals surface area contributed by atoms with Gasteiger partial charge in [-0.25, -0.2) is 0 Å². The number of para-hydroxylation sites is 1. The standard InChI is InChI=1S/C22H20N2O2S/c1-15-9-11-16(12-10-15)20-14-22(17-5-4-6-18(13-17)24(25)26)27-21-8-3-2-7-19(21)23-20/h2-13,22,25-26H,14H2,1H3. The average Bonchev–Trinajstić information content (AvgIpc) is 2.88. The molecular formula is C22H20N2O2S. The largest absolute Gasteiger partial charge is 0.264 e. The van der Waals surface area contributed by atoms with Crippen LogP contribution >= 0.6 is 11.8 Å². The molecule has 0 radical (unpaired) electrons. The fraction of sp³-hybridized carbons (Fsp3) is 0.136. The molecule has 0 spiro atoms. The molecule has 1 heterocycles. The number of aryl methyl sites for hydroxylation is 1. The molecule has 136 valence electrons. The smallest absolute Gasteiger partial charge is 0.0945 e. The van der Waals surface area contributed by atoms with Gasteiger partial charge in [0.1, 0.15) is 0 Å². The number of hydrogen-bond acceptors (Lipinski definition) is 5. The summed E-state index contributed by atoms with van der Waals surface area (Å²) in [6.07, 6.45) is 0.753. The van der Waals surface area contributed by atoms with Crippen molar-refractivity contribution in [3.8, 4) is 0 Å². The van der Waals surface area contributed by atoms with Crippen molar-refractivity contribution in [2.75, 3.05) is 5.23 Å². The van der Waals surface area contributed by atoms with E-state index in [2.05, 4.69) is 37.3 Å². The Morgan fingerprint density at radius 1 is 0.963 bits per heavy atom. The molecule has 0 saturated heterocycles. The average molecular weight is 376 g/mol. The molecule has 0 aromatic heterocycles. The molecule has 0 bridgehead atoms. The fourth-order valence-electron chi connectivity index (χ4n) is 3.17. The fourth-order valence-corrected chi connectivity index (χ4v) is 4.40. The van der Waals surface area contributed by atoms with E-state index >= 15 is 0 Å². The van der Waals surface area contributed by atoms with Gasteiger partial charge in [0.2, 0.25) is 0 Å². The summed E-state index contributed by atoms with van der Waals surface area (Å²) in [6, 6.07) is 23.9. The molecule has 3 aromatic carbocycles. The number of anilines is 1. The van der Waals surface area contributed by atoms with Gasteiger partial charge in [-0.2, -0.15) is 0 Å². The first-order valence-electron chi connectivity index (χ1n) is 8.78. The minimum Gasteiger partial charge on any atom is -0.264 e. The Bertz CT molecular complexity index is 984. The van der Waals surface area contributed by atoms with Crippen LogP contribution in [0.1, 0.15) is 28.4 Å². The molecule has 4 nitrogen and oxygen atoms in total. The van der Waals surface area contributed by atoms with E-state index in [0.717, 1.165) is 33.8 Å². The summed E-state index contributed by atoms with van der Waals surface area (Å²) in [6.45, 7) is 2.08. The van der Waals surface area contributed by atoms with Crippen molar-refractivity contribution in [2.45, 2.75) is 23.5 Å². The lowest BCUT2D eigenvalue weighted by molar-refractivity contribution is 0.0291. The van der Waals surface area contributed by atoms with Gasteiger partial charge in [0.25, 0.3) is 0 Å². The van der Waals surface area contributed by atoms with Crippen molar-refractivity contribution in [3.63, 3.8) is 0 Å². The van der Waals surface area contributed by atoms with Gasteiger partial charge < -0.3 is 0 Å². The third-order valence-corrected chi connectivity index (χ3v) is 5.95. The first-order chi connectivity index (χ1) is 13.1. The van der Waals surface area contributed by atoms with E-state index in [-0.39, 0.29) is 10.5 Å². The molecule has 27 heavy (non-hydrogen) atoms. The molecule has 4 rings (SSSR count). The van der Waals surface area contributed by atoms with E-state index in [9.17, 15) is 10.4 Å². The normalized spacial score (nSPS) is 16.3. The minimum absolute atomic E-state index is 0.119. The van der Waals surface area contributed by atoms with Gasteiger partial charge in [-0.15, -0.1) is 17.0 Å². The lowest BCUT2D eigenvalue weighted by atomic mass is 10.00. The number of rotatable bonds is 3. The Morgan fingerprint density at radius 3 is 2.52 bits per heavy atom. The molecular weight excluding hydrogens is 356 g/mol. The minimum atomic E-state index is 0.119. The number of nitrogens with zero attached hydrogens (tertiary/aromatic N) is 2. The van der Waals surface area contributed by atoms with Crippen LogP contribution in [0, 0.1) is 6.92 Å². The second-order valence-electron chi connectivity index (χ2n) is 6.59. The Hall–Kier alpha value is -2.60.